The molecule has 2 aliphatic rings. The fourth-order valence-electron chi connectivity index (χ4n) is 5.85. The Morgan fingerprint density at radius 3 is 1.74 bits per heavy atom. The Hall–Kier alpha value is -3.51. The molecule has 0 spiro atoms. The summed E-state index contributed by atoms with van der Waals surface area (Å²) in [7, 11) is 0. The van der Waals surface area contributed by atoms with Gasteiger partial charge in [0.2, 0.25) is 0 Å². The van der Waals surface area contributed by atoms with Crippen molar-refractivity contribution in [2.75, 3.05) is 6.61 Å². The number of aliphatic hydroxyl groups excluding tert-OH is 2. The first kappa shape index (κ1) is 34.7. The number of fused-ring (bicyclic) bond motifs is 2. The van der Waals surface area contributed by atoms with Gasteiger partial charge in [-0.25, -0.2) is 0 Å². The van der Waals surface area contributed by atoms with Crippen molar-refractivity contribution in [3.63, 3.8) is 0 Å². The lowest BCUT2D eigenvalue weighted by Crippen LogP contribution is -2.49. The molecule has 0 radical (unpaired) electrons. The van der Waals surface area contributed by atoms with Crippen molar-refractivity contribution in [2.45, 2.75) is 106 Å². The second kappa shape index (κ2) is 14.1. The number of carbonyl (C=O) groups excluding carboxylic acids is 5. The molecule has 2 bridgehead atoms. The van der Waals surface area contributed by atoms with Crippen molar-refractivity contribution in [1.82, 2.24) is 0 Å². The third-order valence-electron chi connectivity index (χ3n) is 7.65. The first-order valence-electron chi connectivity index (χ1n) is 13.7. The minimum atomic E-state index is -1.40. The van der Waals surface area contributed by atoms with E-state index in [4.69, 9.17) is 23.7 Å². The number of hydrogen-bond acceptors (Lipinski definition) is 12. The molecule has 0 heterocycles. The van der Waals surface area contributed by atoms with Crippen molar-refractivity contribution >= 4 is 29.8 Å². The van der Waals surface area contributed by atoms with Crippen LogP contribution in [-0.4, -0.2) is 77.2 Å². The average molecular weight is 595 g/mol. The van der Waals surface area contributed by atoms with Gasteiger partial charge in [-0.1, -0.05) is 13.8 Å². The summed E-state index contributed by atoms with van der Waals surface area (Å²) in [5, 5.41) is 21.4. The number of esters is 5. The molecule has 0 unspecified atom stereocenters. The highest BCUT2D eigenvalue weighted by molar-refractivity contribution is 5.70. The minimum Gasteiger partial charge on any atom is -0.458 e. The number of rotatable bonds is 6. The van der Waals surface area contributed by atoms with Crippen LogP contribution < -0.4 is 0 Å². The van der Waals surface area contributed by atoms with Gasteiger partial charge in [-0.2, -0.15) is 0 Å². The standard InChI is InChI=1S/C30H42O12/c1-14-24(38-16(3)32)11-22-26(40-18(5)34)10-21(13-31)23(37)12-25(39-17(4)33)15(2)28(41-19(6)35)29(42-20(7)36)27(14)30(22,8)9/h10,22-26,29,31,37H,11-13H2,1-9H3/b21-10?,28-15-/t22-,23-,24-,25-,26-,29+/m0/s1. The van der Waals surface area contributed by atoms with E-state index in [-0.39, 0.29) is 29.7 Å². The van der Waals surface area contributed by atoms with Gasteiger partial charge in [-0.05, 0) is 48.5 Å². The summed E-state index contributed by atoms with van der Waals surface area (Å²) in [5.74, 6) is -4.23. The monoisotopic (exact) mass is 594 g/mol. The molecule has 0 aromatic heterocycles. The molecule has 12 heteroatoms. The van der Waals surface area contributed by atoms with Gasteiger partial charge in [-0.15, -0.1) is 0 Å². The smallest absolute Gasteiger partial charge is 0.307 e. The van der Waals surface area contributed by atoms with Crippen LogP contribution >= 0.6 is 0 Å². The molecule has 0 aromatic carbocycles. The molecule has 2 aliphatic carbocycles. The SMILES string of the molecule is CC(=O)O/C1=C(/C)[C@@H](OC(C)=O)C[C@H](O)C(CO)=C[C@H](OC(C)=O)[C@@H]2C[C@H](OC(C)=O)C(C)=C([C@H]1OC(C)=O)C2(C)C. The van der Waals surface area contributed by atoms with Crippen LogP contribution in [-0.2, 0) is 47.7 Å². The largest absolute Gasteiger partial charge is 0.458 e. The lowest BCUT2D eigenvalue weighted by atomic mass is 9.60. The maximum Gasteiger partial charge on any atom is 0.307 e. The van der Waals surface area contributed by atoms with Crippen LogP contribution in [0, 0.1) is 11.3 Å². The van der Waals surface area contributed by atoms with E-state index in [0.717, 1.165) is 13.8 Å². The highest BCUT2D eigenvalue weighted by Crippen LogP contribution is 2.51. The Morgan fingerprint density at radius 2 is 1.29 bits per heavy atom. The summed E-state index contributed by atoms with van der Waals surface area (Å²) in [5.41, 5.74) is 0.177. The van der Waals surface area contributed by atoms with E-state index >= 15 is 0 Å². The van der Waals surface area contributed by atoms with Crippen molar-refractivity contribution in [3.8, 4) is 0 Å². The second-order valence-electron chi connectivity index (χ2n) is 11.2. The molecule has 6 atom stereocenters. The first-order valence-corrected chi connectivity index (χ1v) is 13.7. The fraction of sp³-hybridized carbons (Fsp3) is 0.633. The van der Waals surface area contributed by atoms with Gasteiger partial charge in [0.1, 0.15) is 18.3 Å². The maximum absolute atomic E-state index is 12.5. The van der Waals surface area contributed by atoms with E-state index in [1.165, 1.54) is 33.8 Å². The molecule has 0 fully saturated rings. The van der Waals surface area contributed by atoms with Crippen molar-refractivity contribution < 1.29 is 57.9 Å². The van der Waals surface area contributed by atoms with Gasteiger partial charge in [0.05, 0.1) is 12.7 Å². The summed E-state index contributed by atoms with van der Waals surface area (Å²) in [6.07, 6.45) is -4.54. The summed E-state index contributed by atoms with van der Waals surface area (Å²) in [4.78, 5) is 61.5. The Balaban J connectivity index is 3.13. The Bertz CT molecular complexity index is 1190. The lowest BCUT2D eigenvalue weighted by Gasteiger charge is -2.48. The molecular formula is C30H42O12. The lowest BCUT2D eigenvalue weighted by molar-refractivity contribution is -0.156. The molecule has 234 valence electrons. The van der Waals surface area contributed by atoms with Crippen LogP contribution in [0.1, 0.15) is 75.2 Å². The van der Waals surface area contributed by atoms with Crippen LogP contribution in [0.15, 0.2) is 34.1 Å². The molecule has 2 rings (SSSR count). The quantitative estimate of drug-likeness (QED) is 0.262. The summed E-state index contributed by atoms with van der Waals surface area (Å²) in [6, 6.07) is 0. The van der Waals surface area contributed by atoms with Crippen molar-refractivity contribution in [3.05, 3.63) is 34.1 Å². The number of ether oxygens (including phenoxy) is 5. The summed E-state index contributed by atoms with van der Waals surface area (Å²) >= 11 is 0. The second-order valence-corrected chi connectivity index (χ2v) is 11.2. The van der Waals surface area contributed by atoms with Crippen LogP contribution in [0.25, 0.3) is 0 Å². The maximum atomic E-state index is 12.5. The zero-order valence-corrected chi connectivity index (χ0v) is 25.6. The van der Waals surface area contributed by atoms with E-state index in [2.05, 4.69) is 0 Å². The van der Waals surface area contributed by atoms with E-state index < -0.39 is 78.3 Å². The molecular weight excluding hydrogens is 552 g/mol. The highest BCUT2D eigenvalue weighted by Gasteiger charge is 2.51. The van der Waals surface area contributed by atoms with Crippen LogP contribution in [0.2, 0.25) is 0 Å². The van der Waals surface area contributed by atoms with Crippen LogP contribution in [0.5, 0.6) is 0 Å². The van der Waals surface area contributed by atoms with E-state index in [0.29, 0.717) is 11.1 Å². The zero-order valence-electron chi connectivity index (χ0n) is 25.6. The fourth-order valence-corrected chi connectivity index (χ4v) is 5.85. The predicted octanol–water partition coefficient (Wildman–Crippen LogP) is 2.60. The highest BCUT2D eigenvalue weighted by atomic mass is 16.6. The van der Waals surface area contributed by atoms with E-state index in [1.807, 2.05) is 13.8 Å². The average Bonchev–Trinajstić information content (AvgIpc) is 2.83. The third-order valence-corrected chi connectivity index (χ3v) is 7.65. The van der Waals surface area contributed by atoms with Crippen molar-refractivity contribution in [1.29, 1.82) is 0 Å². The molecule has 0 aliphatic heterocycles. The van der Waals surface area contributed by atoms with E-state index in [9.17, 15) is 34.2 Å². The molecule has 12 nitrogen and oxygen atoms in total. The Morgan fingerprint density at radius 1 is 0.786 bits per heavy atom. The molecule has 0 saturated carbocycles. The molecule has 2 N–H and O–H groups in total. The third kappa shape index (κ3) is 8.28. The van der Waals surface area contributed by atoms with E-state index in [1.54, 1.807) is 6.92 Å². The zero-order chi connectivity index (χ0) is 32.1. The van der Waals surface area contributed by atoms with Gasteiger partial charge in [0.25, 0.3) is 0 Å². The normalized spacial score (nSPS) is 29.6. The van der Waals surface area contributed by atoms with Crippen LogP contribution in [0.4, 0.5) is 0 Å². The van der Waals surface area contributed by atoms with Gasteiger partial charge in [0.15, 0.2) is 11.9 Å². The van der Waals surface area contributed by atoms with Gasteiger partial charge in [0, 0.05) is 52.5 Å². The topological polar surface area (TPSA) is 172 Å². The minimum absolute atomic E-state index is 0.0880. The molecule has 0 amide bonds. The molecule has 42 heavy (non-hydrogen) atoms. The summed E-state index contributed by atoms with van der Waals surface area (Å²) in [6.45, 7) is 12.2. The van der Waals surface area contributed by atoms with Crippen LogP contribution in [0.3, 0.4) is 0 Å². The number of carbonyl (C=O) groups is 5. The number of hydrogen-bond donors (Lipinski definition) is 2. The summed E-state index contributed by atoms with van der Waals surface area (Å²) < 4.78 is 28.4. The van der Waals surface area contributed by atoms with Gasteiger partial charge in [-0.3, -0.25) is 24.0 Å². The molecule has 0 saturated heterocycles. The van der Waals surface area contributed by atoms with Gasteiger partial charge < -0.3 is 33.9 Å². The Kier molecular flexibility index (Phi) is 11.7. The predicted molar refractivity (Wildman–Crippen MR) is 147 cm³/mol. The van der Waals surface area contributed by atoms with Gasteiger partial charge >= 0.3 is 29.8 Å². The number of aliphatic hydroxyl groups is 2. The first-order chi connectivity index (χ1) is 19.4. The Labute approximate surface area is 245 Å². The molecule has 0 aromatic rings. The van der Waals surface area contributed by atoms with Crippen molar-refractivity contribution in [2.24, 2.45) is 11.3 Å².